The third-order valence-electron chi connectivity index (χ3n) is 1.83. The van der Waals surface area contributed by atoms with Gasteiger partial charge in [-0.1, -0.05) is 19.1 Å². The van der Waals surface area contributed by atoms with Crippen LogP contribution < -0.4 is 5.73 Å². The van der Waals surface area contributed by atoms with E-state index in [4.69, 9.17) is 10.5 Å². The van der Waals surface area contributed by atoms with Gasteiger partial charge in [0.25, 0.3) is 0 Å². The normalized spacial score (nSPS) is 11.9. The molecule has 0 saturated heterocycles. The van der Waals surface area contributed by atoms with E-state index in [1.165, 1.54) is 4.31 Å². The topological polar surface area (TPSA) is 72.6 Å². The van der Waals surface area contributed by atoms with Crippen molar-refractivity contribution in [2.45, 2.75) is 13.3 Å². The summed E-state index contributed by atoms with van der Waals surface area (Å²) in [5.41, 5.74) is 5.32. The highest BCUT2D eigenvalue weighted by Crippen LogP contribution is 2.03. The fraction of sp³-hybridized carbons (Fsp3) is 0.875. The van der Waals surface area contributed by atoms with Crippen molar-refractivity contribution in [3.05, 3.63) is 0 Å². The van der Waals surface area contributed by atoms with Crippen LogP contribution in [0.1, 0.15) is 13.3 Å². The molecule has 0 aliphatic carbocycles. The van der Waals surface area contributed by atoms with Crippen molar-refractivity contribution in [2.75, 3.05) is 32.6 Å². The van der Waals surface area contributed by atoms with Crippen LogP contribution in [0.2, 0.25) is 0 Å². The lowest BCUT2D eigenvalue weighted by atomic mass is 10.5. The summed E-state index contributed by atoms with van der Waals surface area (Å²) in [6.07, 6.45) is 0.479. The Balaban J connectivity index is 4.32. The Hall–Kier alpha value is -0.240. The van der Waals surface area contributed by atoms with Gasteiger partial charge in [0.1, 0.15) is 0 Å². The van der Waals surface area contributed by atoms with Crippen molar-refractivity contribution in [2.24, 2.45) is 5.73 Å². The maximum Gasteiger partial charge on any atom is 0.214 e. The van der Waals surface area contributed by atoms with Gasteiger partial charge in [0.15, 0.2) is 0 Å². The third kappa shape index (κ3) is 6.03. The van der Waals surface area contributed by atoms with Gasteiger partial charge < -0.3 is 10.5 Å². The zero-order valence-corrected chi connectivity index (χ0v) is 10.7. The van der Waals surface area contributed by atoms with E-state index >= 15 is 0 Å². The number of ether oxygens (including phenoxy) is 1. The summed E-state index contributed by atoms with van der Waals surface area (Å²) in [4.78, 5) is 0.187. The predicted molar refractivity (Wildman–Crippen MR) is 64.3 cm³/mol. The van der Waals surface area contributed by atoms with Crippen molar-refractivity contribution in [3.8, 4) is 0 Å². The second-order valence-corrected chi connectivity index (χ2v) is 5.67. The van der Waals surface area contributed by atoms with E-state index in [2.05, 4.69) is 12.2 Å². The van der Waals surface area contributed by atoms with E-state index in [9.17, 15) is 8.42 Å². The molecule has 0 amide bonds. The summed E-state index contributed by atoms with van der Waals surface area (Å²) in [7, 11) is -1.71. The maximum atomic E-state index is 11.7. The lowest BCUT2D eigenvalue weighted by molar-refractivity contribution is 0.199. The van der Waals surface area contributed by atoms with E-state index in [1.807, 2.05) is 0 Å². The number of likely N-dealkylation sites (N-methyl/N-ethyl adjacent to an activating group) is 1. The Bertz CT molecular complexity index is 290. The average Bonchev–Trinajstić information content (AvgIpc) is 2.14. The number of sulfonamides is 1. The van der Waals surface area contributed by atoms with Crippen LogP contribution in [0, 0.1) is 0 Å². The van der Waals surface area contributed by atoms with Crippen LogP contribution in [0.5, 0.6) is 0 Å². The lowest BCUT2D eigenvalue weighted by Gasteiger charge is -2.19. The third-order valence-corrected chi connectivity index (χ3v) is 3.94. The Morgan fingerprint density at radius 2 is 2.13 bits per heavy atom. The standard InChI is InChI=1S/C8H18N2O3S2/c1-3-10(7-8(9)14)15(11,12)6-4-5-13-2/h3-7H2,1-2H3,(H2,9,14). The van der Waals surface area contributed by atoms with E-state index in [-0.39, 0.29) is 17.3 Å². The van der Waals surface area contributed by atoms with Crippen molar-refractivity contribution in [1.82, 2.24) is 4.31 Å². The number of hydrogen-bond acceptors (Lipinski definition) is 4. The summed E-state index contributed by atoms with van der Waals surface area (Å²) in [6, 6.07) is 0. The molecule has 90 valence electrons. The molecule has 0 heterocycles. The number of nitrogens with zero attached hydrogens (tertiary/aromatic N) is 1. The predicted octanol–water partition coefficient (Wildman–Crippen LogP) is -0.0393. The number of thiocarbonyl (C=S) groups is 1. The van der Waals surface area contributed by atoms with Gasteiger partial charge in [-0.3, -0.25) is 0 Å². The first-order valence-corrected chi connectivity index (χ1v) is 6.70. The molecular weight excluding hydrogens is 236 g/mol. The van der Waals surface area contributed by atoms with Gasteiger partial charge in [-0.05, 0) is 6.42 Å². The summed E-state index contributed by atoms with van der Waals surface area (Å²) in [6.45, 7) is 2.68. The van der Waals surface area contributed by atoms with Gasteiger partial charge in [-0.2, -0.15) is 4.31 Å². The van der Waals surface area contributed by atoms with Gasteiger partial charge in [0.2, 0.25) is 10.0 Å². The summed E-state index contributed by atoms with van der Waals surface area (Å²) in [5, 5.41) is 0. The van der Waals surface area contributed by atoms with Crippen molar-refractivity contribution in [3.63, 3.8) is 0 Å². The molecule has 2 N–H and O–H groups in total. The van der Waals surface area contributed by atoms with Crippen molar-refractivity contribution >= 4 is 27.2 Å². The highest BCUT2D eigenvalue weighted by molar-refractivity contribution is 7.89. The zero-order valence-electron chi connectivity index (χ0n) is 9.10. The maximum absolute atomic E-state index is 11.7. The summed E-state index contributed by atoms with van der Waals surface area (Å²) in [5.74, 6) is 0.0668. The number of nitrogens with two attached hydrogens (primary N) is 1. The lowest BCUT2D eigenvalue weighted by Crippen LogP contribution is -2.39. The zero-order chi connectivity index (χ0) is 11.9. The average molecular weight is 254 g/mol. The highest BCUT2D eigenvalue weighted by atomic mass is 32.2. The van der Waals surface area contributed by atoms with E-state index in [1.54, 1.807) is 14.0 Å². The van der Waals surface area contributed by atoms with Crippen molar-refractivity contribution < 1.29 is 13.2 Å². The first kappa shape index (κ1) is 14.8. The quantitative estimate of drug-likeness (QED) is 0.486. The Morgan fingerprint density at radius 3 is 2.53 bits per heavy atom. The van der Waals surface area contributed by atoms with E-state index in [0.717, 1.165) is 0 Å². The molecule has 0 unspecified atom stereocenters. The molecule has 0 radical (unpaired) electrons. The van der Waals surface area contributed by atoms with Crippen LogP contribution in [0.25, 0.3) is 0 Å². The van der Waals surface area contributed by atoms with Gasteiger partial charge in [-0.25, -0.2) is 8.42 Å². The molecule has 0 aromatic rings. The molecule has 0 rings (SSSR count). The Kier molecular flexibility index (Phi) is 6.99. The molecule has 0 aromatic heterocycles. The molecular formula is C8H18N2O3S2. The Morgan fingerprint density at radius 1 is 1.53 bits per heavy atom. The smallest absolute Gasteiger partial charge is 0.214 e. The molecule has 15 heavy (non-hydrogen) atoms. The number of methoxy groups -OCH3 is 1. The van der Waals surface area contributed by atoms with E-state index < -0.39 is 10.0 Å². The van der Waals surface area contributed by atoms with E-state index in [0.29, 0.717) is 19.6 Å². The van der Waals surface area contributed by atoms with Crippen LogP contribution in [0.15, 0.2) is 0 Å². The minimum Gasteiger partial charge on any atom is -0.392 e. The largest absolute Gasteiger partial charge is 0.392 e. The van der Waals surface area contributed by atoms with Crippen LogP contribution in [-0.2, 0) is 14.8 Å². The first-order chi connectivity index (χ1) is 6.94. The summed E-state index contributed by atoms with van der Waals surface area (Å²) < 4.78 is 29.5. The molecule has 0 bridgehead atoms. The van der Waals surface area contributed by atoms with Crippen LogP contribution in [0.3, 0.4) is 0 Å². The first-order valence-electron chi connectivity index (χ1n) is 4.69. The number of hydrogen-bond donors (Lipinski definition) is 1. The Labute approximate surface area is 96.6 Å². The molecule has 0 spiro atoms. The SMILES string of the molecule is CCN(CC(N)=S)S(=O)(=O)CCCOC. The highest BCUT2D eigenvalue weighted by Gasteiger charge is 2.20. The fourth-order valence-corrected chi connectivity index (χ4v) is 2.80. The van der Waals surface area contributed by atoms with Gasteiger partial charge >= 0.3 is 0 Å². The molecule has 0 aliphatic rings. The van der Waals surface area contributed by atoms with Crippen LogP contribution in [-0.4, -0.2) is 50.3 Å². The van der Waals surface area contributed by atoms with Crippen LogP contribution >= 0.6 is 12.2 Å². The van der Waals surface area contributed by atoms with Gasteiger partial charge in [0.05, 0.1) is 17.3 Å². The molecule has 0 atom stereocenters. The fourth-order valence-electron chi connectivity index (χ4n) is 1.10. The molecule has 0 aliphatic heterocycles. The van der Waals surface area contributed by atoms with Crippen molar-refractivity contribution in [1.29, 1.82) is 0 Å². The monoisotopic (exact) mass is 254 g/mol. The molecule has 7 heteroatoms. The molecule has 0 fully saturated rings. The minimum atomic E-state index is -3.25. The second-order valence-electron chi connectivity index (χ2n) is 3.05. The van der Waals surface area contributed by atoms with Gasteiger partial charge in [0, 0.05) is 20.3 Å². The molecule has 0 saturated carbocycles. The van der Waals surface area contributed by atoms with Crippen LogP contribution in [0.4, 0.5) is 0 Å². The minimum absolute atomic E-state index is 0.0668. The van der Waals surface area contributed by atoms with Gasteiger partial charge in [-0.15, -0.1) is 0 Å². The summed E-state index contributed by atoms with van der Waals surface area (Å²) >= 11 is 4.69. The second kappa shape index (κ2) is 7.10. The molecule has 5 nitrogen and oxygen atoms in total. The molecule has 0 aromatic carbocycles. The number of rotatable bonds is 8.